The Hall–Kier alpha value is -1.47. The van der Waals surface area contributed by atoms with Gasteiger partial charge in [-0.25, -0.2) is 0 Å². The maximum Gasteiger partial charge on any atom is 0.249 e. The van der Waals surface area contributed by atoms with E-state index in [9.17, 15) is 25.2 Å². The van der Waals surface area contributed by atoms with Gasteiger partial charge >= 0.3 is 0 Å². The van der Waals surface area contributed by atoms with Crippen molar-refractivity contribution in [3.63, 3.8) is 0 Å². The maximum absolute atomic E-state index is 12.5. The van der Waals surface area contributed by atoms with Crippen molar-refractivity contribution in [3.05, 3.63) is 36.5 Å². The van der Waals surface area contributed by atoms with E-state index in [1.54, 1.807) is 0 Å². The maximum atomic E-state index is 12.5. The van der Waals surface area contributed by atoms with E-state index >= 15 is 0 Å². The molecule has 0 aromatic carbocycles. The Kier molecular flexibility index (Phi) is 45.4. The van der Waals surface area contributed by atoms with E-state index in [1.165, 1.54) is 186 Å². The van der Waals surface area contributed by atoms with Crippen molar-refractivity contribution in [2.24, 2.45) is 0 Å². The Morgan fingerprint density at radius 3 is 1.09 bits per heavy atom. The molecule has 6 nitrogen and oxygen atoms in total. The van der Waals surface area contributed by atoms with Crippen LogP contribution in [0.2, 0.25) is 0 Å². The highest BCUT2D eigenvalue weighted by molar-refractivity contribution is 5.80. The van der Waals surface area contributed by atoms with Crippen LogP contribution in [-0.2, 0) is 4.79 Å². The van der Waals surface area contributed by atoms with Crippen LogP contribution in [-0.4, -0.2) is 57.3 Å². The summed E-state index contributed by atoms with van der Waals surface area (Å²) < 4.78 is 0. The van der Waals surface area contributed by atoms with Gasteiger partial charge in [-0.2, -0.15) is 0 Å². The van der Waals surface area contributed by atoms with Crippen molar-refractivity contribution < 1.29 is 25.2 Å². The van der Waals surface area contributed by atoms with Gasteiger partial charge in [0.25, 0.3) is 0 Å². The molecule has 0 saturated heterocycles. The second-order valence-electron chi connectivity index (χ2n) is 17.5. The van der Waals surface area contributed by atoms with E-state index < -0.39 is 36.9 Å². The number of rotatable bonds is 46. The second-order valence-corrected chi connectivity index (χ2v) is 17.5. The normalized spacial score (nSPS) is 14.2. The number of aliphatic hydroxyl groups is 4. The van der Waals surface area contributed by atoms with E-state index in [2.05, 4.69) is 55.6 Å². The second kappa shape index (κ2) is 46.6. The van der Waals surface area contributed by atoms with Crippen molar-refractivity contribution in [2.45, 2.75) is 282 Å². The van der Waals surface area contributed by atoms with Crippen LogP contribution in [0.4, 0.5) is 0 Å². The molecule has 4 atom stereocenters. The summed E-state index contributed by atoms with van der Waals surface area (Å²) in [6.45, 7) is 4.05. The smallest absolute Gasteiger partial charge is 0.249 e. The third kappa shape index (κ3) is 40.0. The van der Waals surface area contributed by atoms with Crippen molar-refractivity contribution in [3.8, 4) is 0 Å². The van der Waals surface area contributed by atoms with Crippen LogP contribution in [0.1, 0.15) is 258 Å². The number of amides is 1. The van der Waals surface area contributed by atoms with Crippen LogP contribution in [0.3, 0.4) is 0 Å². The molecule has 0 aromatic rings. The predicted octanol–water partition coefficient (Wildman–Crippen LogP) is 14.1. The zero-order valence-corrected chi connectivity index (χ0v) is 38.5. The van der Waals surface area contributed by atoms with Gasteiger partial charge in [0.2, 0.25) is 5.91 Å². The Labute approximate surface area is 360 Å². The minimum atomic E-state index is -1.29. The minimum absolute atomic E-state index is 0.358. The highest BCUT2D eigenvalue weighted by atomic mass is 16.3. The summed E-state index contributed by atoms with van der Waals surface area (Å²) in [6.07, 6.45) is 56.2. The average molecular weight is 818 g/mol. The number of nitrogens with one attached hydrogen (secondary N) is 1. The van der Waals surface area contributed by atoms with E-state index in [-0.39, 0.29) is 0 Å². The molecule has 0 fully saturated rings. The molecule has 6 heteroatoms. The zero-order valence-electron chi connectivity index (χ0n) is 38.5. The van der Waals surface area contributed by atoms with Gasteiger partial charge in [-0.1, -0.05) is 217 Å². The first-order valence-electron chi connectivity index (χ1n) is 25.4. The van der Waals surface area contributed by atoms with Crippen molar-refractivity contribution in [1.29, 1.82) is 0 Å². The van der Waals surface area contributed by atoms with Crippen LogP contribution in [0, 0.1) is 0 Å². The largest absolute Gasteiger partial charge is 0.394 e. The molecule has 0 aliphatic carbocycles. The molecule has 0 rings (SSSR count). The molecule has 0 spiro atoms. The standard InChI is InChI=1S/C52H99NO5/c1-3-5-7-9-11-13-15-17-19-21-22-23-24-25-26-27-28-30-32-34-36-38-40-42-44-46-50(56)52(58)53-48(47-54)51(57)49(55)45-43-41-39-37-35-33-31-29-20-18-16-14-12-10-8-6-4-2/h25-26,29,31,37,39,48-51,54-57H,3-24,27-28,30,32-36,38,40-47H2,1-2H3,(H,53,58)/b26-25-,31-29+,39-37+. The Morgan fingerprint density at radius 2 is 0.724 bits per heavy atom. The number of unbranched alkanes of at least 4 members (excludes halogenated alkanes) is 31. The molecule has 0 aromatic heterocycles. The molecule has 0 aliphatic rings. The lowest BCUT2D eigenvalue weighted by atomic mass is 10.00. The number of hydrogen-bond acceptors (Lipinski definition) is 5. The summed E-state index contributed by atoms with van der Waals surface area (Å²) in [5, 5.41) is 43.8. The number of hydrogen-bond donors (Lipinski definition) is 5. The molecule has 0 radical (unpaired) electrons. The first-order valence-corrected chi connectivity index (χ1v) is 25.4. The molecule has 1 amide bonds. The Bertz CT molecular complexity index is 919. The molecule has 0 heterocycles. The minimum Gasteiger partial charge on any atom is -0.394 e. The van der Waals surface area contributed by atoms with E-state index in [4.69, 9.17) is 0 Å². The molecule has 4 unspecified atom stereocenters. The molecular formula is C52H99NO5. The summed E-state index contributed by atoms with van der Waals surface area (Å²) in [4.78, 5) is 12.5. The van der Waals surface area contributed by atoms with E-state index in [0.717, 1.165) is 38.5 Å². The lowest BCUT2D eigenvalue weighted by Crippen LogP contribution is -2.53. The quantitative estimate of drug-likeness (QED) is 0.0310. The summed E-state index contributed by atoms with van der Waals surface area (Å²) in [5.41, 5.74) is 0. The lowest BCUT2D eigenvalue weighted by Gasteiger charge is -2.27. The molecular weight excluding hydrogens is 719 g/mol. The summed E-state index contributed by atoms with van der Waals surface area (Å²) >= 11 is 0. The van der Waals surface area contributed by atoms with Crippen LogP contribution in [0.25, 0.3) is 0 Å². The number of aliphatic hydroxyl groups excluding tert-OH is 4. The molecule has 0 aliphatic heterocycles. The topological polar surface area (TPSA) is 110 Å². The summed E-state index contributed by atoms with van der Waals surface area (Å²) in [5.74, 6) is -0.598. The van der Waals surface area contributed by atoms with E-state index in [0.29, 0.717) is 19.3 Å². The van der Waals surface area contributed by atoms with Crippen molar-refractivity contribution in [1.82, 2.24) is 5.32 Å². The molecule has 0 saturated carbocycles. The van der Waals surface area contributed by atoms with Gasteiger partial charge in [-0.3, -0.25) is 4.79 Å². The fourth-order valence-corrected chi connectivity index (χ4v) is 7.77. The average Bonchev–Trinajstić information content (AvgIpc) is 3.23. The molecule has 58 heavy (non-hydrogen) atoms. The SMILES string of the molecule is CCCCCCCCCC/C=C/CC/C=C/CCCC(O)C(O)C(CO)NC(=O)C(O)CCCCCCCCCCC/C=C\CCCCCCCCCCCCCC. The predicted molar refractivity (Wildman–Crippen MR) is 251 cm³/mol. The molecule has 342 valence electrons. The zero-order chi connectivity index (χ0) is 42.4. The highest BCUT2D eigenvalue weighted by Crippen LogP contribution is 2.16. The summed E-state index contributed by atoms with van der Waals surface area (Å²) in [6, 6.07) is -1.01. The fourth-order valence-electron chi connectivity index (χ4n) is 7.77. The fraction of sp³-hybridized carbons (Fsp3) is 0.865. The van der Waals surface area contributed by atoms with Gasteiger partial charge in [-0.15, -0.1) is 0 Å². The monoisotopic (exact) mass is 818 g/mol. The van der Waals surface area contributed by atoms with Crippen molar-refractivity contribution >= 4 is 5.91 Å². The van der Waals surface area contributed by atoms with Gasteiger partial charge in [0.05, 0.1) is 18.8 Å². The molecule has 0 bridgehead atoms. The van der Waals surface area contributed by atoms with Gasteiger partial charge in [0.1, 0.15) is 12.2 Å². The van der Waals surface area contributed by atoms with Gasteiger partial charge < -0.3 is 25.7 Å². The first-order chi connectivity index (χ1) is 28.5. The van der Waals surface area contributed by atoms with Crippen molar-refractivity contribution in [2.75, 3.05) is 6.61 Å². The van der Waals surface area contributed by atoms with Crippen LogP contribution in [0.15, 0.2) is 36.5 Å². The number of allylic oxidation sites excluding steroid dienone is 6. The highest BCUT2D eigenvalue weighted by Gasteiger charge is 2.28. The van der Waals surface area contributed by atoms with Crippen LogP contribution < -0.4 is 5.32 Å². The van der Waals surface area contributed by atoms with Crippen LogP contribution >= 0.6 is 0 Å². The van der Waals surface area contributed by atoms with Gasteiger partial charge in [-0.05, 0) is 77.0 Å². The number of carbonyl (C=O) groups is 1. The Morgan fingerprint density at radius 1 is 0.414 bits per heavy atom. The molecule has 5 N–H and O–H groups in total. The third-order valence-corrected chi connectivity index (χ3v) is 11.8. The van der Waals surface area contributed by atoms with Gasteiger partial charge in [0, 0.05) is 0 Å². The lowest BCUT2D eigenvalue weighted by molar-refractivity contribution is -0.132. The first kappa shape index (κ1) is 56.5. The van der Waals surface area contributed by atoms with Crippen LogP contribution in [0.5, 0.6) is 0 Å². The van der Waals surface area contributed by atoms with Gasteiger partial charge in [0.15, 0.2) is 0 Å². The number of carbonyl (C=O) groups excluding carboxylic acids is 1. The van der Waals surface area contributed by atoms with E-state index in [1.807, 2.05) is 0 Å². The third-order valence-electron chi connectivity index (χ3n) is 11.8. The Balaban J connectivity index is 3.71. The summed E-state index contributed by atoms with van der Waals surface area (Å²) in [7, 11) is 0.